The van der Waals surface area contributed by atoms with Gasteiger partial charge in [0, 0.05) is 6.42 Å². The van der Waals surface area contributed by atoms with E-state index in [1.165, 1.54) is 6.42 Å². The molecule has 11 atom stereocenters. The van der Waals surface area contributed by atoms with Gasteiger partial charge in [-0.15, -0.1) is 0 Å². The molecule has 4 fully saturated rings. The van der Waals surface area contributed by atoms with E-state index in [1.54, 1.807) is 12.4 Å². The minimum absolute atomic E-state index is 0.160. The molecular weight excluding hydrogens is 432 g/mol. The van der Waals surface area contributed by atoms with Gasteiger partial charge in [-0.1, -0.05) is 20.8 Å². The molecule has 194 valence electrons. The van der Waals surface area contributed by atoms with Crippen LogP contribution < -0.4 is 10.8 Å². The summed E-state index contributed by atoms with van der Waals surface area (Å²) in [6.45, 7) is 8.71. The van der Waals surface area contributed by atoms with Gasteiger partial charge in [0.05, 0.1) is 12.2 Å². The maximum absolute atomic E-state index is 12.4. The zero-order valence-corrected chi connectivity index (χ0v) is 21.4. The monoisotopic (exact) mass is 478 g/mol. The van der Waals surface area contributed by atoms with Crippen molar-refractivity contribution in [3.05, 3.63) is 0 Å². The van der Waals surface area contributed by atoms with Gasteiger partial charge in [0.2, 0.25) is 5.91 Å². The first-order valence-corrected chi connectivity index (χ1v) is 13.6. The summed E-state index contributed by atoms with van der Waals surface area (Å²) in [5, 5.41) is 33.0. The van der Waals surface area contributed by atoms with Crippen LogP contribution >= 0.6 is 0 Å². The number of aliphatic hydroxyl groups is 2. The summed E-state index contributed by atoms with van der Waals surface area (Å²) >= 11 is 0. The van der Waals surface area contributed by atoms with Crippen molar-refractivity contribution in [3.8, 4) is 0 Å². The molecule has 4 rings (SSSR count). The summed E-state index contributed by atoms with van der Waals surface area (Å²) in [5.74, 6) is 2.02. The fraction of sp³-hybridized carbons (Fsp3) is 0.926. The maximum atomic E-state index is 12.4. The Labute approximate surface area is 204 Å². The van der Waals surface area contributed by atoms with Crippen molar-refractivity contribution in [2.24, 2.45) is 46.3 Å². The smallest absolute Gasteiger partial charge is 0.265 e. The Hall–Kier alpha value is -1.18. The van der Waals surface area contributed by atoms with E-state index >= 15 is 0 Å². The van der Waals surface area contributed by atoms with E-state index in [4.69, 9.17) is 5.21 Å². The van der Waals surface area contributed by atoms with Crippen LogP contribution in [0.3, 0.4) is 0 Å². The molecule has 7 nitrogen and oxygen atoms in total. The molecule has 0 spiro atoms. The van der Waals surface area contributed by atoms with Gasteiger partial charge in [0.15, 0.2) is 0 Å². The maximum Gasteiger partial charge on any atom is 0.265 e. The molecule has 4 saturated carbocycles. The fourth-order valence-corrected chi connectivity index (χ4v) is 9.21. The average Bonchev–Trinajstić information content (AvgIpc) is 3.15. The zero-order valence-electron chi connectivity index (χ0n) is 21.4. The number of rotatable bonds is 6. The van der Waals surface area contributed by atoms with Crippen molar-refractivity contribution < 1.29 is 25.0 Å². The first kappa shape index (κ1) is 25.9. The van der Waals surface area contributed by atoms with Crippen molar-refractivity contribution in [2.75, 3.05) is 0 Å². The van der Waals surface area contributed by atoms with Gasteiger partial charge in [-0.25, -0.2) is 5.48 Å². The number of fused-ring (bicyclic) bond motifs is 5. The lowest BCUT2D eigenvalue weighted by Gasteiger charge is -2.62. The lowest BCUT2D eigenvalue weighted by molar-refractivity contribution is -0.174. The quantitative estimate of drug-likeness (QED) is 0.296. The topological polar surface area (TPSA) is 119 Å². The number of hydrogen-bond acceptors (Lipinski definition) is 5. The molecule has 0 aromatic rings. The molecule has 0 radical (unpaired) electrons. The lowest BCUT2D eigenvalue weighted by Crippen LogP contribution is -2.58. The number of carbonyl (C=O) groups is 2. The van der Waals surface area contributed by atoms with Crippen molar-refractivity contribution in [1.82, 2.24) is 10.8 Å². The molecule has 0 aromatic heterocycles. The third-order valence-electron chi connectivity index (χ3n) is 11.1. The minimum Gasteiger partial charge on any atom is -0.393 e. The Kier molecular flexibility index (Phi) is 7.39. The largest absolute Gasteiger partial charge is 0.393 e. The number of carbonyl (C=O) groups excluding carboxylic acids is 2. The third kappa shape index (κ3) is 4.41. The van der Waals surface area contributed by atoms with Crippen LogP contribution in [0.5, 0.6) is 0 Å². The molecule has 5 N–H and O–H groups in total. The molecule has 0 aromatic carbocycles. The van der Waals surface area contributed by atoms with Crippen LogP contribution in [0.1, 0.15) is 91.9 Å². The zero-order chi connectivity index (χ0) is 24.8. The highest BCUT2D eigenvalue weighted by Gasteiger charge is 2.62. The number of aliphatic hydroxyl groups excluding tert-OH is 2. The fourth-order valence-electron chi connectivity index (χ4n) is 9.21. The van der Waals surface area contributed by atoms with E-state index in [0.717, 1.165) is 51.4 Å². The van der Waals surface area contributed by atoms with Gasteiger partial charge in [-0.3, -0.25) is 14.8 Å². The van der Waals surface area contributed by atoms with Gasteiger partial charge < -0.3 is 15.5 Å². The van der Waals surface area contributed by atoms with E-state index < -0.39 is 11.9 Å². The van der Waals surface area contributed by atoms with Crippen LogP contribution in [0, 0.1) is 46.3 Å². The predicted octanol–water partition coefficient (Wildman–Crippen LogP) is 3.40. The van der Waals surface area contributed by atoms with Gasteiger partial charge in [0.25, 0.3) is 5.91 Å². The molecule has 7 heteroatoms. The van der Waals surface area contributed by atoms with Gasteiger partial charge in [-0.05, 0) is 111 Å². The Morgan fingerprint density at radius 1 is 0.971 bits per heavy atom. The Morgan fingerprint density at radius 2 is 1.65 bits per heavy atom. The van der Waals surface area contributed by atoms with Gasteiger partial charge >= 0.3 is 0 Å². The van der Waals surface area contributed by atoms with Crippen LogP contribution in [-0.2, 0) is 9.59 Å². The SMILES string of the molecule is C[C@H](NC(=O)CC[C@@H](C)[C@H]1CC[C@H]2[C@@H]3[C@@H](O)C[C@@H]4C[C@H](O)CC[C@]4(C)[C@H]3CC[C@]12C)C(=O)NO. The minimum atomic E-state index is -0.754. The molecule has 4 aliphatic rings. The van der Waals surface area contributed by atoms with E-state index in [-0.39, 0.29) is 28.9 Å². The van der Waals surface area contributed by atoms with Crippen molar-refractivity contribution in [3.63, 3.8) is 0 Å². The van der Waals surface area contributed by atoms with Crippen LogP contribution in [0.2, 0.25) is 0 Å². The Morgan fingerprint density at radius 3 is 2.35 bits per heavy atom. The standard InChI is InChI=1S/C27H46N2O5/c1-15(5-8-23(32)28-16(2)25(33)29-34)19-6-7-20-24-21(10-12-27(19,20)4)26(3)11-9-18(30)13-17(26)14-22(24)31/h15-22,24,30-31,34H,5-14H2,1-4H3,(H,28,32)(H,29,33)/t15-,16+,17+,18-,19-,20+,21+,22+,24+,26+,27-/m1/s1. The second kappa shape index (κ2) is 9.70. The van der Waals surface area contributed by atoms with Crippen LogP contribution in [0.25, 0.3) is 0 Å². The second-order valence-corrected chi connectivity index (χ2v) is 12.7. The summed E-state index contributed by atoms with van der Waals surface area (Å²) in [4.78, 5) is 23.8. The van der Waals surface area contributed by atoms with E-state index in [9.17, 15) is 19.8 Å². The van der Waals surface area contributed by atoms with Crippen molar-refractivity contribution in [1.29, 1.82) is 0 Å². The molecule has 0 saturated heterocycles. The molecule has 0 bridgehead atoms. The average molecular weight is 479 g/mol. The normalized spacial score (nSPS) is 45.3. The first-order chi connectivity index (χ1) is 16.0. The van der Waals surface area contributed by atoms with Gasteiger partial charge in [-0.2, -0.15) is 0 Å². The summed E-state index contributed by atoms with van der Waals surface area (Å²) < 4.78 is 0. The van der Waals surface area contributed by atoms with E-state index in [1.807, 2.05) is 0 Å². The highest BCUT2D eigenvalue weighted by Crippen LogP contribution is 2.68. The summed E-state index contributed by atoms with van der Waals surface area (Å²) in [7, 11) is 0. The van der Waals surface area contributed by atoms with E-state index in [0.29, 0.717) is 41.9 Å². The number of amides is 2. The first-order valence-electron chi connectivity index (χ1n) is 13.6. The molecule has 2 amide bonds. The number of hydrogen-bond donors (Lipinski definition) is 5. The van der Waals surface area contributed by atoms with Crippen LogP contribution in [0.15, 0.2) is 0 Å². The van der Waals surface area contributed by atoms with E-state index in [2.05, 4.69) is 26.1 Å². The molecule has 0 unspecified atom stereocenters. The predicted molar refractivity (Wildman–Crippen MR) is 129 cm³/mol. The third-order valence-corrected chi connectivity index (χ3v) is 11.1. The Balaban J connectivity index is 1.41. The van der Waals surface area contributed by atoms with Crippen LogP contribution in [0.4, 0.5) is 0 Å². The Bertz CT molecular complexity index is 776. The number of hydroxylamine groups is 1. The summed E-state index contributed by atoms with van der Waals surface area (Å²) in [6.07, 6.45) is 9.00. The highest BCUT2D eigenvalue weighted by molar-refractivity contribution is 5.86. The molecule has 0 heterocycles. The lowest BCUT2D eigenvalue weighted by atomic mass is 9.43. The number of nitrogens with one attached hydrogen (secondary N) is 2. The van der Waals surface area contributed by atoms with Gasteiger partial charge in [0.1, 0.15) is 6.04 Å². The molecule has 34 heavy (non-hydrogen) atoms. The molecule has 0 aliphatic heterocycles. The summed E-state index contributed by atoms with van der Waals surface area (Å²) in [5.41, 5.74) is 2.01. The second-order valence-electron chi connectivity index (χ2n) is 12.7. The van der Waals surface area contributed by atoms with Crippen LogP contribution in [-0.4, -0.2) is 45.5 Å². The highest BCUT2D eigenvalue weighted by atomic mass is 16.5. The summed E-state index contributed by atoms with van der Waals surface area (Å²) in [6, 6.07) is -0.754. The molecular formula is C27H46N2O5. The van der Waals surface area contributed by atoms with Crippen molar-refractivity contribution >= 4 is 11.8 Å². The molecule has 4 aliphatic carbocycles. The van der Waals surface area contributed by atoms with Crippen molar-refractivity contribution in [2.45, 2.75) is 110 Å².